The minimum atomic E-state index is -0.828. The fraction of sp³-hybridized carbons (Fsp3) is 0.136. The lowest BCUT2D eigenvalue weighted by molar-refractivity contribution is -0.122. The molecule has 5 heteroatoms. The van der Waals surface area contributed by atoms with Gasteiger partial charge >= 0.3 is 0 Å². The van der Waals surface area contributed by atoms with Gasteiger partial charge in [0.05, 0.1) is 5.56 Å². The molecule has 3 aromatic carbocycles. The van der Waals surface area contributed by atoms with E-state index in [0.717, 1.165) is 17.1 Å². The lowest BCUT2D eigenvalue weighted by Gasteiger charge is -2.17. The van der Waals surface area contributed by atoms with Crippen LogP contribution in [0, 0.1) is 0 Å². The van der Waals surface area contributed by atoms with Gasteiger partial charge in [0.25, 0.3) is 5.91 Å². The molecule has 0 aromatic heterocycles. The predicted molar refractivity (Wildman–Crippen MR) is 105 cm³/mol. The highest BCUT2D eigenvalue weighted by Crippen LogP contribution is 2.27. The van der Waals surface area contributed by atoms with Crippen LogP contribution in [0.3, 0.4) is 0 Å². The molecule has 3 rings (SSSR count). The van der Waals surface area contributed by atoms with E-state index >= 15 is 0 Å². The van der Waals surface area contributed by atoms with E-state index in [1.54, 1.807) is 37.3 Å². The first-order valence-electron chi connectivity index (χ1n) is 8.55. The van der Waals surface area contributed by atoms with Crippen LogP contribution in [0.2, 0.25) is 0 Å². The van der Waals surface area contributed by atoms with Crippen LogP contribution in [0.25, 0.3) is 10.8 Å². The molecule has 0 aliphatic heterocycles. The summed E-state index contributed by atoms with van der Waals surface area (Å²) in [6.07, 6.45) is -0.0932. The Hall–Kier alpha value is -3.47. The minimum absolute atomic E-state index is 0.0813. The van der Waals surface area contributed by atoms with Crippen molar-refractivity contribution in [1.82, 2.24) is 0 Å². The lowest BCUT2D eigenvalue weighted by atomic mass is 10.0. The monoisotopic (exact) mass is 361 g/mol. The molecule has 0 saturated carbocycles. The number of aldehydes is 1. The van der Waals surface area contributed by atoms with Gasteiger partial charge in [-0.2, -0.15) is 0 Å². The quantitative estimate of drug-likeness (QED) is 0.526. The van der Waals surface area contributed by atoms with E-state index in [-0.39, 0.29) is 11.7 Å². The van der Waals surface area contributed by atoms with Crippen LogP contribution < -0.4 is 10.1 Å². The van der Waals surface area contributed by atoms with Gasteiger partial charge in [0, 0.05) is 11.3 Å². The zero-order valence-electron chi connectivity index (χ0n) is 15.1. The zero-order valence-corrected chi connectivity index (χ0v) is 15.1. The summed E-state index contributed by atoms with van der Waals surface area (Å²) in [4.78, 5) is 35.5. The normalized spacial score (nSPS) is 11.6. The summed E-state index contributed by atoms with van der Waals surface area (Å²) in [5, 5.41) is 4.42. The van der Waals surface area contributed by atoms with E-state index in [4.69, 9.17) is 4.74 Å². The molecule has 1 N–H and O–H groups in total. The molecule has 0 unspecified atom stereocenters. The Morgan fingerprint density at radius 2 is 1.81 bits per heavy atom. The summed E-state index contributed by atoms with van der Waals surface area (Å²) >= 11 is 0. The molecule has 0 aliphatic rings. The van der Waals surface area contributed by atoms with Gasteiger partial charge in [-0.1, -0.05) is 42.5 Å². The van der Waals surface area contributed by atoms with Gasteiger partial charge in [0.15, 0.2) is 18.2 Å². The SMILES string of the molecule is CC(=O)c1cccc(NC(=O)[C@@H](C)Oc2ccc3ccccc3c2C=O)c1. The number of nitrogens with one attached hydrogen (secondary N) is 1. The summed E-state index contributed by atoms with van der Waals surface area (Å²) in [5.74, 6) is -0.105. The molecule has 1 amide bonds. The maximum Gasteiger partial charge on any atom is 0.265 e. The molecule has 27 heavy (non-hydrogen) atoms. The van der Waals surface area contributed by atoms with Crippen molar-refractivity contribution < 1.29 is 19.1 Å². The molecule has 5 nitrogen and oxygen atoms in total. The average Bonchev–Trinajstić information content (AvgIpc) is 2.67. The Morgan fingerprint density at radius 1 is 1.04 bits per heavy atom. The number of hydrogen-bond acceptors (Lipinski definition) is 4. The van der Waals surface area contributed by atoms with Crippen molar-refractivity contribution in [3.8, 4) is 5.75 Å². The standard InChI is InChI=1S/C22H19NO4/c1-14(25)17-7-5-8-18(12-17)23-22(26)15(2)27-21-11-10-16-6-3-4-9-19(16)20(21)13-24/h3-13,15H,1-2H3,(H,23,26)/t15-/m1/s1. The van der Waals surface area contributed by atoms with Gasteiger partial charge < -0.3 is 10.1 Å². The van der Waals surface area contributed by atoms with E-state index in [1.165, 1.54) is 6.92 Å². The molecule has 0 saturated heterocycles. The first kappa shape index (κ1) is 18.3. The van der Waals surface area contributed by atoms with Crippen LogP contribution in [-0.4, -0.2) is 24.1 Å². The third-order valence-corrected chi connectivity index (χ3v) is 4.26. The molecule has 3 aromatic rings. The molecule has 0 heterocycles. The number of Topliss-reactive ketones (excluding diaryl/α,β-unsaturated/α-hetero) is 1. The Labute approximate surface area is 157 Å². The number of ether oxygens (including phenoxy) is 1. The second-order valence-corrected chi connectivity index (χ2v) is 6.20. The summed E-state index contributed by atoms with van der Waals surface area (Å²) in [6.45, 7) is 3.07. The number of ketones is 1. The highest BCUT2D eigenvalue weighted by Gasteiger charge is 2.18. The van der Waals surface area contributed by atoms with E-state index in [0.29, 0.717) is 22.6 Å². The van der Waals surface area contributed by atoms with Crippen LogP contribution in [0.5, 0.6) is 5.75 Å². The number of fused-ring (bicyclic) bond motifs is 1. The van der Waals surface area contributed by atoms with Gasteiger partial charge in [-0.25, -0.2) is 0 Å². The average molecular weight is 361 g/mol. The molecule has 0 radical (unpaired) electrons. The van der Waals surface area contributed by atoms with E-state index < -0.39 is 6.10 Å². The largest absolute Gasteiger partial charge is 0.480 e. The molecular weight excluding hydrogens is 342 g/mol. The van der Waals surface area contributed by atoms with Gasteiger partial charge in [-0.15, -0.1) is 0 Å². The van der Waals surface area contributed by atoms with Crippen molar-refractivity contribution in [2.24, 2.45) is 0 Å². The third kappa shape index (κ3) is 4.03. The molecule has 0 bridgehead atoms. The number of benzene rings is 3. The van der Waals surface area contributed by atoms with Crippen LogP contribution in [0.4, 0.5) is 5.69 Å². The molecule has 0 fully saturated rings. The molecular formula is C22H19NO4. The second-order valence-electron chi connectivity index (χ2n) is 6.20. The smallest absolute Gasteiger partial charge is 0.265 e. The number of anilines is 1. The Kier molecular flexibility index (Phi) is 5.31. The van der Waals surface area contributed by atoms with Crippen LogP contribution >= 0.6 is 0 Å². The Bertz CT molecular complexity index is 1030. The highest BCUT2D eigenvalue weighted by atomic mass is 16.5. The van der Waals surface area contributed by atoms with Gasteiger partial charge in [-0.05, 0) is 42.8 Å². The highest BCUT2D eigenvalue weighted by molar-refractivity contribution is 6.01. The molecule has 0 aliphatic carbocycles. The Morgan fingerprint density at radius 3 is 2.56 bits per heavy atom. The predicted octanol–water partition coefficient (Wildman–Crippen LogP) is 4.26. The number of rotatable bonds is 6. The number of carbonyl (C=O) groups is 3. The van der Waals surface area contributed by atoms with Crippen molar-refractivity contribution in [1.29, 1.82) is 0 Å². The van der Waals surface area contributed by atoms with E-state index in [9.17, 15) is 14.4 Å². The van der Waals surface area contributed by atoms with Crippen molar-refractivity contribution in [2.75, 3.05) is 5.32 Å². The number of carbonyl (C=O) groups excluding carboxylic acids is 3. The van der Waals surface area contributed by atoms with Gasteiger partial charge in [0.1, 0.15) is 5.75 Å². The van der Waals surface area contributed by atoms with Gasteiger partial charge in [0.2, 0.25) is 0 Å². The van der Waals surface area contributed by atoms with Crippen molar-refractivity contribution >= 4 is 34.4 Å². The number of hydrogen-bond donors (Lipinski definition) is 1. The first-order valence-corrected chi connectivity index (χ1v) is 8.55. The topological polar surface area (TPSA) is 72.5 Å². The third-order valence-electron chi connectivity index (χ3n) is 4.26. The van der Waals surface area contributed by atoms with Crippen LogP contribution in [-0.2, 0) is 4.79 Å². The molecule has 136 valence electrons. The Balaban J connectivity index is 1.79. The summed E-state index contributed by atoms with van der Waals surface area (Å²) < 4.78 is 5.75. The maximum absolute atomic E-state index is 12.5. The zero-order chi connectivity index (χ0) is 19.4. The summed E-state index contributed by atoms with van der Waals surface area (Å²) in [5.41, 5.74) is 1.43. The lowest BCUT2D eigenvalue weighted by Crippen LogP contribution is -2.30. The summed E-state index contributed by atoms with van der Waals surface area (Å²) in [7, 11) is 0. The fourth-order valence-electron chi connectivity index (χ4n) is 2.80. The van der Waals surface area contributed by atoms with Crippen molar-refractivity contribution in [3.05, 3.63) is 71.8 Å². The number of amides is 1. The van der Waals surface area contributed by atoms with Crippen LogP contribution in [0.1, 0.15) is 34.6 Å². The van der Waals surface area contributed by atoms with Crippen molar-refractivity contribution in [3.63, 3.8) is 0 Å². The van der Waals surface area contributed by atoms with E-state index in [2.05, 4.69) is 5.32 Å². The maximum atomic E-state index is 12.5. The van der Waals surface area contributed by atoms with E-state index in [1.807, 2.05) is 30.3 Å². The minimum Gasteiger partial charge on any atom is -0.480 e. The molecule has 0 spiro atoms. The summed E-state index contributed by atoms with van der Waals surface area (Å²) in [6, 6.07) is 17.7. The van der Waals surface area contributed by atoms with Crippen molar-refractivity contribution in [2.45, 2.75) is 20.0 Å². The first-order chi connectivity index (χ1) is 13.0. The molecule has 1 atom stereocenters. The fourth-order valence-corrected chi connectivity index (χ4v) is 2.80. The van der Waals surface area contributed by atoms with Gasteiger partial charge in [-0.3, -0.25) is 14.4 Å². The van der Waals surface area contributed by atoms with Crippen LogP contribution in [0.15, 0.2) is 60.7 Å². The second kappa shape index (κ2) is 7.83.